The number of hydrogen-bond acceptors (Lipinski definition) is 4. The Bertz CT molecular complexity index is 844. The van der Waals surface area contributed by atoms with Crippen LogP contribution < -0.4 is 10.1 Å². The highest BCUT2D eigenvalue weighted by Gasteiger charge is 2.21. The topological polar surface area (TPSA) is 64.6 Å². The van der Waals surface area contributed by atoms with E-state index in [0.29, 0.717) is 5.75 Å². The maximum atomic E-state index is 12.2. The predicted molar refractivity (Wildman–Crippen MR) is 103 cm³/mol. The number of fused-ring (bicyclic) bond motifs is 1. The summed E-state index contributed by atoms with van der Waals surface area (Å²) in [5.74, 6) is -0.203. The maximum Gasteiger partial charge on any atom is 0.331 e. The van der Waals surface area contributed by atoms with Crippen molar-refractivity contribution in [2.45, 2.75) is 25.3 Å². The highest BCUT2D eigenvalue weighted by molar-refractivity contribution is 5.89. The van der Waals surface area contributed by atoms with Gasteiger partial charge in [-0.15, -0.1) is 0 Å². The third-order valence-electron chi connectivity index (χ3n) is 4.59. The van der Waals surface area contributed by atoms with Gasteiger partial charge in [-0.2, -0.15) is 0 Å². The van der Waals surface area contributed by atoms with Gasteiger partial charge in [-0.05, 0) is 42.5 Å². The molecule has 1 aliphatic carbocycles. The molecule has 0 saturated carbocycles. The number of amides is 1. The standard InChI is InChI=1S/C22H23NO4/c1-26-20-12-5-3-8-17(20)13-14-22(25)27-15-21(24)23-19-11-6-9-16-7-2-4-10-18(16)19/h2-5,7-8,10,12-14,19H,6,9,11,15H2,1H3,(H,23,24)/b14-13+/t19-/m0/s1. The summed E-state index contributed by atoms with van der Waals surface area (Å²) in [6.45, 7) is -0.298. The number of ether oxygens (including phenoxy) is 2. The van der Waals surface area contributed by atoms with Crippen molar-refractivity contribution in [3.8, 4) is 5.75 Å². The summed E-state index contributed by atoms with van der Waals surface area (Å²) < 4.78 is 10.3. The van der Waals surface area contributed by atoms with Crippen LogP contribution in [0, 0.1) is 0 Å². The van der Waals surface area contributed by atoms with Gasteiger partial charge in [0.05, 0.1) is 13.2 Å². The molecule has 5 nitrogen and oxygen atoms in total. The lowest BCUT2D eigenvalue weighted by atomic mass is 9.88. The van der Waals surface area contributed by atoms with Gasteiger partial charge < -0.3 is 14.8 Å². The zero-order valence-electron chi connectivity index (χ0n) is 15.3. The molecule has 2 aromatic rings. The van der Waals surface area contributed by atoms with Gasteiger partial charge in [-0.25, -0.2) is 4.79 Å². The van der Waals surface area contributed by atoms with E-state index in [9.17, 15) is 9.59 Å². The van der Waals surface area contributed by atoms with Crippen molar-refractivity contribution in [2.24, 2.45) is 0 Å². The smallest absolute Gasteiger partial charge is 0.331 e. The number of esters is 1. The highest BCUT2D eigenvalue weighted by atomic mass is 16.5. The lowest BCUT2D eigenvalue weighted by molar-refractivity contribution is -0.144. The van der Waals surface area contributed by atoms with E-state index in [-0.39, 0.29) is 18.6 Å². The average Bonchev–Trinajstić information content (AvgIpc) is 2.71. The first kappa shape index (κ1) is 18.7. The quantitative estimate of drug-likeness (QED) is 0.629. The molecule has 5 heteroatoms. The minimum absolute atomic E-state index is 0.0229. The second kappa shape index (κ2) is 9.03. The molecule has 1 amide bonds. The summed E-state index contributed by atoms with van der Waals surface area (Å²) in [5, 5.41) is 2.96. The summed E-state index contributed by atoms with van der Waals surface area (Å²) in [4.78, 5) is 24.0. The Labute approximate surface area is 159 Å². The molecular formula is C22H23NO4. The molecule has 0 bridgehead atoms. The second-order valence-corrected chi connectivity index (χ2v) is 6.39. The van der Waals surface area contributed by atoms with Gasteiger partial charge >= 0.3 is 5.97 Å². The van der Waals surface area contributed by atoms with Crippen LogP contribution in [0.25, 0.3) is 6.08 Å². The van der Waals surface area contributed by atoms with Crippen LogP contribution in [0.15, 0.2) is 54.6 Å². The van der Waals surface area contributed by atoms with Crippen molar-refractivity contribution in [3.63, 3.8) is 0 Å². The van der Waals surface area contributed by atoms with Crippen molar-refractivity contribution in [3.05, 3.63) is 71.3 Å². The Kier molecular flexibility index (Phi) is 6.26. The van der Waals surface area contributed by atoms with Crippen LogP contribution in [-0.2, 0) is 20.7 Å². The van der Waals surface area contributed by atoms with Crippen LogP contribution in [0.4, 0.5) is 0 Å². The summed E-state index contributed by atoms with van der Waals surface area (Å²) in [6.07, 6.45) is 5.86. The van der Waals surface area contributed by atoms with Crippen molar-refractivity contribution in [1.29, 1.82) is 0 Å². The van der Waals surface area contributed by atoms with Crippen molar-refractivity contribution < 1.29 is 19.1 Å². The largest absolute Gasteiger partial charge is 0.496 e. The van der Waals surface area contributed by atoms with E-state index in [1.54, 1.807) is 19.3 Å². The SMILES string of the molecule is COc1ccccc1/C=C/C(=O)OCC(=O)N[C@H]1CCCc2ccccc21. The molecule has 140 valence electrons. The Morgan fingerprint density at radius 2 is 1.93 bits per heavy atom. The fraction of sp³-hybridized carbons (Fsp3) is 0.273. The molecule has 2 aromatic carbocycles. The lowest BCUT2D eigenvalue weighted by Gasteiger charge is -2.26. The lowest BCUT2D eigenvalue weighted by Crippen LogP contribution is -2.34. The Morgan fingerprint density at radius 1 is 1.15 bits per heavy atom. The van der Waals surface area contributed by atoms with E-state index in [0.717, 1.165) is 30.4 Å². The molecule has 0 radical (unpaired) electrons. The number of nitrogens with one attached hydrogen (secondary N) is 1. The zero-order valence-corrected chi connectivity index (χ0v) is 15.3. The van der Waals surface area contributed by atoms with Crippen LogP contribution in [-0.4, -0.2) is 25.6 Å². The first-order valence-corrected chi connectivity index (χ1v) is 9.02. The van der Waals surface area contributed by atoms with Gasteiger partial charge in [-0.3, -0.25) is 4.79 Å². The number of aryl methyl sites for hydroxylation is 1. The van der Waals surface area contributed by atoms with Crippen LogP contribution in [0.2, 0.25) is 0 Å². The number of carbonyl (C=O) groups is 2. The Balaban J connectivity index is 1.51. The third-order valence-corrected chi connectivity index (χ3v) is 4.59. The summed E-state index contributed by atoms with van der Waals surface area (Å²) in [7, 11) is 1.57. The van der Waals surface area contributed by atoms with Gasteiger partial charge in [-0.1, -0.05) is 42.5 Å². The number of benzene rings is 2. The van der Waals surface area contributed by atoms with Gasteiger partial charge in [0.25, 0.3) is 5.91 Å². The number of para-hydroxylation sites is 1. The van der Waals surface area contributed by atoms with Crippen LogP contribution >= 0.6 is 0 Å². The highest BCUT2D eigenvalue weighted by Crippen LogP contribution is 2.29. The molecule has 3 rings (SSSR count). The minimum Gasteiger partial charge on any atom is -0.496 e. The van der Waals surface area contributed by atoms with E-state index >= 15 is 0 Å². The molecule has 0 spiro atoms. The molecule has 1 atom stereocenters. The van der Waals surface area contributed by atoms with Crippen LogP contribution in [0.5, 0.6) is 5.75 Å². The van der Waals surface area contributed by atoms with Crippen LogP contribution in [0.1, 0.15) is 35.6 Å². The molecule has 0 aliphatic heterocycles. The number of methoxy groups -OCH3 is 1. The van der Waals surface area contributed by atoms with Crippen molar-refractivity contribution in [1.82, 2.24) is 5.32 Å². The van der Waals surface area contributed by atoms with Crippen molar-refractivity contribution >= 4 is 18.0 Å². The first-order valence-electron chi connectivity index (χ1n) is 9.02. The Morgan fingerprint density at radius 3 is 2.78 bits per heavy atom. The normalized spacial score (nSPS) is 15.8. The number of carbonyl (C=O) groups excluding carboxylic acids is 2. The van der Waals surface area contributed by atoms with E-state index in [1.807, 2.05) is 36.4 Å². The maximum absolute atomic E-state index is 12.2. The Hall–Kier alpha value is -3.08. The second-order valence-electron chi connectivity index (χ2n) is 6.39. The molecule has 0 fully saturated rings. The fourth-order valence-electron chi connectivity index (χ4n) is 3.29. The average molecular weight is 365 g/mol. The molecule has 0 heterocycles. The predicted octanol–water partition coefficient (Wildman–Crippen LogP) is 3.45. The molecule has 1 aliphatic rings. The third kappa shape index (κ3) is 4.97. The summed E-state index contributed by atoms with van der Waals surface area (Å²) in [5.41, 5.74) is 3.19. The molecule has 0 aromatic heterocycles. The van der Waals surface area contributed by atoms with E-state index in [1.165, 1.54) is 11.6 Å². The first-order chi connectivity index (χ1) is 13.2. The molecule has 0 saturated heterocycles. The molecular weight excluding hydrogens is 342 g/mol. The fourth-order valence-corrected chi connectivity index (χ4v) is 3.29. The minimum atomic E-state index is -0.569. The van der Waals surface area contributed by atoms with Crippen LogP contribution in [0.3, 0.4) is 0 Å². The van der Waals surface area contributed by atoms with Gasteiger partial charge in [0.15, 0.2) is 6.61 Å². The van der Waals surface area contributed by atoms with Gasteiger partial charge in [0, 0.05) is 11.6 Å². The molecule has 1 N–H and O–H groups in total. The van der Waals surface area contributed by atoms with Crippen molar-refractivity contribution in [2.75, 3.05) is 13.7 Å². The summed E-state index contributed by atoms with van der Waals surface area (Å²) in [6, 6.07) is 15.4. The number of rotatable bonds is 6. The van der Waals surface area contributed by atoms with Gasteiger partial charge in [0.2, 0.25) is 0 Å². The molecule has 0 unspecified atom stereocenters. The van der Waals surface area contributed by atoms with Gasteiger partial charge in [0.1, 0.15) is 5.75 Å². The van der Waals surface area contributed by atoms with E-state index in [4.69, 9.17) is 9.47 Å². The summed E-state index contributed by atoms with van der Waals surface area (Å²) >= 11 is 0. The monoisotopic (exact) mass is 365 g/mol. The van der Waals surface area contributed by atoms with E-state index < -0.39 is 5.97 Å². The van der Waals surface area contributed by atoms with E-state index in [2.05, 4.69) is 11.4 Å². The number of hydrogen-bond donors (Lipinski definition) is 1. The zero-order chi connectivity index (χ0) is 19.1. The molecule has 27 heavy (non-hydrogen) atoms.